The number of hydrogen-bond acceptors (Lipinski definition) is 6. The van der Waals surface area contributed by atoms with Crippen molar-refractivity contribution in [3.05, 3.63) is 58.3 Å². The fourth-order valence-corrected chi connectivity index (χ4v) is 1.71. The highest BCUT2D eigenvalue weighted by Gasteiger charge is 2.12. The highest BCUT2D eigenvalue weighted by atomic mass is 16.6. The van der Waals surface area contributed by atoms with Crippen LogP contribution in [-0.2, 0) is 4.79 Å². The number of hydrogen-bond donors (Lipinski definition) is 2. The second-order valence-electron chi connectivity index (χ2n) is 4.42. The summed E-state index contributed by atoms with van der Waals surface area (Å²) in [4.78, 5) is 25.3. The number of carbonyl (C=O) groups excluding carboxylic acids is 1. The third kappa shape index (κ3) is 4.27. The molecule has 118 valence electrons. The molecule has 1 aromatic heterocycles. The third-order valence-corrected chi connectivity index (χ3v) is 2.83. The van der Waals surface area contributed by atoms with E-state index in [-0.39, 0.29) is 11.5 Å². The Morgan fingerprint density at radius 2 is 2.22 bits per heavy atom. The number of aromatic hydroxyl groups is 1. The lowest BCUT2D eigenvalue weighted by Crippen LogP contribution is -2.09. The van der Waals surface area contributed by atoms with Gasteiger partial charge in [-0.3, -0.25) is 14.9 Å². The molecule has 8 heteroatoms. The predicted octanol–water partition coefficient (Wildman–Crippen LogP) is 2.36. The zero-order valence-corrected chi connectivity index (χ0v) is 12.1. The molecule has 0 radical (unpaired) electrons. The summed E-state index contributed by atoms with van der Waals surface area (Å²) in [5, 5.41) is 22.5. The smallest absolute Gasteiger partial charge is 0.291 e. The molecule has 0 aliphatic carbocycles. The Labute approximate surface area is 131 Å². The van der Waals surface area contributed by atoms with Crippen molar-refractivity contribution in [2.75, 3.05) is 12.4 Å². The summed E-state index contributed by atoms with van der Waals surface area (Å²) >= 11 is 0. The van der Waals surface area contributed by atoms with Crippen molar-refractivity contribution >= 4 is 23.5 Å². The summed E-state index contributed by atoms with van der Waals surface area (Å²) in [7, 11) is 1.54. The molecule has 0 aliphatic rings. The molecule has 0 saturated carbocycles. The lowest BCUT2D eigenvalue weighted by atomic mass is 10.2. The van der Waals surface area contributed by atoms with Gasteiger partial charge in [0.25, 0.3) is 5.69 Å². The molecule has 2 aromatic rings. The second-order valence-corrected chi connectivity index (χ2v) is 4.42. The highest BCUT2D eigenvalue weighted by molar-refractivity contribution is 6.02. The molecule has 0 fully saturated rings. The van der Waals surface area contributed by atoms with Crippen LogP contribution >= 0.6 is 0 Å². The summed E-state index contributed by atoms with van der Waals surface area (Å²) in [6.45, 7) is 0. The number of anilines is 1. The molecule has 0 atom stereocenters. The van der Waals surface area contributed by atoms with E-state index < -0.39 is 16.6 Å². The maximum absolute atomic E-state index is 11.8. The van der Waals surface area contributed by atoms with E-state index in [1.165, 1.54) is 6.08 Å². The van der Waals surface area contributed by atoms with Gasteiger partial charge in [0.2, 0.25) is 5.91 Å². The summed E-state index contributed by atoms with van der Waals surface area (Å²) in [6, 6.07) is 7.99. The lowest BCUT2D eigenvalue weighted by molar-refractivity contribution is -0.385. The zero-order valence-electron chi connectivity index (χ0n) is 12.1. The summed E-state index contributed by atoms with van der Waals surface area (Å²) in [6.07, 6.45) is 3.75. The first kappa shape index (κ1) is 16.0. The van der Waals surface area contributed by atoms with E-state index in [0.717, 1.165) is 17.8 Å². The zero-order chi connectivity index (χ0) is 16.8. The van der Waals surface area contributed by atoms with E-state index in [1.807, 2.05) is 0 Å². The number of nitro groups is 1. The van der Waals surface area contributed by atoms with Gasteiger partial charge in [-0.15, -0.1) is 0 Å². The molecule has 0 spiro atoms. The molecule has 1 aromatic carbocycles. The Balaban J connectivity index is 2.07. The quantitative estimate of drug-likeness (QED) is 0.497. The monoisotopic (exact) mass is 315 g/mol. The van der Waals surface area contributed by atoms with Gasteiger partial charge in [0.1, 0.15) is 11.9 Å². The van der Waals surface area contributed by atoms with Gasteiger partial charge < -0.3 is 15.2 Å². The maximum atomic E-state index is 11.8. The van der Waals surface area contributed by atoms with Crippen LogP contribution in [0.3, 0.4) is 0 Å². The van der Waals surface area contributed by atoms with Crippen molar-refractivity contribution in [1.29, 1.82) is 0 Å². The van der Waals surface area contributed by atoms with Crippen molar-refractivity contribution in [2.45, 2.75) is 0 Å². The van der Waals surface area contributed by atoms with Gasteiger partial charge in [-0.2, -0.15) is 0 Å². The largest absolute Gasteiger partial charge is 0.504 e. The number of nitrogens with zero attached hydrogens (tertiary/aromatic N) is 2. The molecule has 1 heterocycles. The van der Waals surface area contributed by atoms with Gasteiger partial charge in [-0.25, -0.2) is 4.98 Å². The summed E-state index contributed by atoms with van der Waals surface area (Å²) in [5.74, 6) is -0.523. The molecule has 0 aliphatic heterocycles. The number of aromatic nitrogens is 1. The Morgan fingerprint density at radius 3 is 2.87 bits per heavy atom. The number of amides is 1. The van der Waals surface area contributed by atoms with Crippen LogP contribution in [-0.4, -0.2) is 28.0 Å². The highest BCUT2D eigenvalue weighted by Crippen LogP contribution is 2.24. The number of carbonyl (C=O) groups is 1. The fourth-order valence-electron chi connectivity index (χ4n) is 1.71. The van der Waals surface area contributed by atoms with Crippen LogP contribution in [0.25, 0.3) is 6.08 Å². The number of benzene rings is 1. The first-order valence-corrected chi connectivity index (χ1v) is 6.46. The van der Waals surface area contributed by atoms with Gasteiger partial charge in [0.15, 0.2) is 11.6 Å². The first-order valence-electron chi connectivity index (χ1n) is 6.46. The van der Waals surface area contributed by atoms with Gasteiger partial charge in [0.05, 0.1) is 18.1 Å². The van der Waals surface area contributed by atoms with Gasteiger partial charge >= 0.3 is 0 Å². The van der Waals surface area contributed by atoms with Crippen LogP contribution in [0.1, 0.15) is 5.56 Å². The number of rotatable bonds is 5. The average molecular weight is 315 g/mol. The van der Waals surface area contributed by atoms with Crippen molar-refractivity contribution in [2.24, 2.45) is 0 Å². The third-order valence-electron chi connectivity index (χ3n) is 2.83. The van der Waals surface area contributed by atoms with Crippen LogP contribution in [0.5, 0.6) is 11.5 Å². The molecular formula is C15H13N3O5. The van der Waals surface area contributed by atoms with Crippen molar-refractivity contribution in [1.82, 2.24) is 4.98 Å². The van der Waals surface area contributed by atoms with Crippen LogP contribution < -0.4 is 10.1 Å². The van der Waals surface area contributed by atoms with E-state index in [4.69, 9.17) is 4.74 Å². The number of methoxy groups -OCH3 is 1. The van der Waals surface area contributed by atoms with E-state index in [9.17, 15) is 20.0 Å². The van der Waals surface area contributed by atoms with E-state index >= 15 is 0 Å². The average Bonchev–Trinajstić information content (AvgIpc) is 2.55. The molecule has 0 bridgehead atoms. The van der Waals surface area contributed by atoms with Crippen LogP contribution in [0, 0.1) is 10.1 Å². The number of ether oxygens (including phenoxy) is 1. The molecule has 2 N–H and O–H groups in total. The summed E-state index contributed by atoms with van der Waals surface area (Å²) in [5.41, 5.74) is 0.382. The number of pyridine rings is 1. The van der Waals surface area contributed by atoms with Crippen LogP contribution in [0.2, 0.25) is 0 Å². The normalized spacial score (nSPS) is 10.5. The standard InChI is InChI=1S/C15H13N3O5/c1-23-12-4-2-3-10(7-12)5-6-14(20)17-15-13(19)8-11(9-16-15)18(21)22/h2-9,19H,1H3,(H,16,17,20)/b6-5+. The van der Waals surface area contributed by atoms with Gasteiger partial charge in [-0.05, 0) is 23.8 Å². The molecule has 8 nitrogen and oxygen atoms in total. The maximum Gasteiger partial charge on any atom is 0.291 e. The molecule has 2 rings (SSSR count). The minimum absolute atomic E-state index is 0.157. The lowest BCUT2D eigenvalue weighted by Gasteiger charge is -2.03. The van der Waals surface area contributed by atoms with E-state index in [2.05, 4.69) is 10.3 Å². The fraction of sp³-hybridized carbons (Fsp3) is 0.0667. The molecule has 0 saturated heterocycles. The van der Waals surface area contributed by atoms with Crippen LogP contribution in [0.15, 0.2) is 42.6 Å². The van der Waals surface area contributed by atoms with E-state index in [0.29, 0.717) is 5.75 Å². The first-order chi connectivity index (χ1) is 11.0. The van der Waals surface area contributed by atoms with Gasteiger partial charge in [0, 0.05) is 6.08 Å². The predicted molar refractivity (Wildman–Crippen MR) is 83.2 cm³/mol. The minimum atomic E-state index is -0.693. The van der Waals surface area contributed by atoms with Crippen molar-refractivity contribution in [3.63, 3.8) is 0 Å². The Morgan fingerprint density at radius 1 is 1.43 bits per heavy atom. The SMILES string of the molecule is COc1cccc(/C=C/C(=O)Nc2ncc([N+](=O)[O-])cc2O)c1. The van der Waals surface area contributed by atoms with Crippen molar-refractivity contribution in [3.8, 4) is 11.5 Å². The molecule has 1 amide bonds. The Hall–Kier alpha value is -3.42. The van der Waals surface area contributed by atoms with E-state index in [1.54, 1.807) is 37.5 Å². The number of nitrogens with one attached hydrogen (secondary N) is 1. The van der Waals surface area contributed by atoms with Crippen molar-refractivity contribution < 1.29 is 19.6 Å². The van der Waals surface area contributed by atoms with Gasteiger partial charge in [-0.1, -0.05) is 12.1 Å². The second kappa shape index (κ2) is 7.03. The molecule has 23 heavy (non-hydrogen) atoms. The topological polar surface area (TPSA) is 115 Å². The summed E-state index contributed by atoms with van der Waals surface area (Å²) < 4.78 is 5.07. The Bertz CT molecular complexity index is 773. The molecular weight excluding hydrogens is 302 g/mol. The molecule has 0 unspecified atom stereocenters. The van der Waals surface area contributed by atoms with Crippen LogP contribution in [0.4, 0.5) is 11.5 Å². The minimum Gasteiger partial charge on any atom is -0.504 e. The Kier molecular flexibility index (Phi) is 4.88.